The van der Waals surface area contributed by atoms with Crippen LogP contribution in [0.15, 0.2) is 12.1 Å². The predicted octanol–water partition coefficient (Wildman–Crippen LogP) is 2.11. The summed E-state index contributed by atoms with van der Waals surface area (Å²) in [7, 11) is 0. The molecular formula is C17H28N2O2. The van der Waals surface area contributed by atoms with Crippen molar-refractivity contribution in [3.63, 3.8) is 0 Å². The average Bonchev–Trinajstić information content (AvgIpc) is 2.49. The van der Waals surface area contributed by atoms with Crippen LogP contribution < -0.4 is 10.1 Å². The van der Waals surface area contributed by atoms with Crippen molar-refractivity contribution >= 4 is 0 Å². The third-order valence-corrected chi connectivity index (χ3v) is 4.30. The van der Waals surface area contributed by atoms with Gasteiger partial charge in [0.25, 0.3) is 0 Å². The van der Waals surface area contributed by atoms with Crippen LogP contribution in [-0.4, -0.2) is 42.9 Å². The Bertz CT molecular complexity index is 462. The zero-order valence-electron chi connectivity index (χ0n) is 13.5. The Labute approximate surface area is 128 Å². The van der Waals surface area contributed by atoms with E-state index in [2.05, 4.69) is 36.2 Å². The summed E-state index contributed by atoms with van der Waals surface area (Å²) in [5.41, 5.74) is 4.04. The minimum atomic E-state index is 0.164. The minimum Gasteiger partial charge on any atom is -0.494 e. The number of likely N-dealkylation sites (N-methyl/N-ethyl adjacent to an activating group) is 1. The van der Waals surface area contributed by atoms with Crippen LogP contribution in [0.4, 0.5) is 0 Å². The summed E-state index contributed by atoms with van der Waals surface area (Å²) in [5.74, 6) is 0.978. The number of aliphatic hydroxyl groups excluding tert-OH is 1. The summed E-state index contributed by atoms with van der Waals surface area (Å²) in [6.07, 6.45) is 1.10. The monoisotopic (exact) mass is 292 g/mol. The third kappa shape index (κ3) is 3.76. The van der Waals surface area contributed by atoms with Crippen LogP contribution in [0.5, 0.6) is 5.75 Å². The fourth-order valence-corrected chi connectivity index (χ4v) is 3.11. The second-order valence-corrected chi connectivity index (χ2v) is 5.55. The van der Waals surface area contributed by atoms with E-state index in [1.165, 1.54) is 16.7 Å². The molecule has 4 nitrogen and oxygen atoms in total. The highest BCUT2D eigenvalue weighted by molar-refractivity contribution is 5.45. The molecule has 21 heavy (non-hydrogen) atoms. The lowest BCUT2D eigenvalue weighted by Gasteiger charge is -2.35. The highest BCUT2D eigenvalue weighted by Gasteiger charge is 2.24. The molecule has 0 saturated carbocycles. The zero-order chi connectivity index (χ0) is 15.2. The quantitative estimate of drug-likeness (QED) is 0.756. The Morgan fingerprint density at radius 2 is 2.19 bits per heavy atom. The SMILES string of the molecule is CCOc1cc2c(cc1CNCCO)CCN(CC)C2C. The number of nitrogens with one attached hydrogen (secondary N) is 1. The van der Waals surface area contributed by atoms with Gasteiger partial charge in [-0.2, -0.15) is 0 Å². The highest BCUT2D eigenvalue weighted by atomic mass is 16.5. The molecule has 1 aliphatic heterocycles. The summed E-state index contributed by atoms with van der Waals surface area (Å²) >= 11 is 0. The van der Waals surface area contributed by atoms with Crippen molar-refractivity contribution in [3.8, 4) is 5.75 Å². The Hall–Kier alpha value is -1.10. The van der Waals surface area contributed by atoms with Crippen molar-refractivity contribution in [3.05, 3.63) is 28.8 Å². The lowest BCUT2D eigenvalue weighted by molar-refractivity contribution is 0.208. The van der Waals surface area contributed by atoms with Crippen LogP contribution >= 0.6 is 0 Å². The van der Waals surface area contributed by atoms with Crippen LogP contribution in [0, 0.1) is 0 Å². The summed E-state index contributed by atoms with van der Waals surface area (Å²) in [5, 5.41) is 12.1. The van der Waals surface area contributed by atoms with Gasteiger partial charge >= 0.3 is 0 Å². The van der Waals surface area contributed by atoms with Gasteiger partial charge in [-0.05, 0) is 44.0 Å². The topological polar surface area (TPSA) is 44.7 Å². The number of ether oxygens (including phenoxy) is 1. The lowest BCUT2D eigenvalue weighted by atomic mass is 9.91. The first kappa shape index (κ1) is 16.3. The Morgan fingerprint density at radius 3 is 2.86 bits per heavy atom. The van der Waals surface area contributed by atoms with Gasteiger partial charge in [-0.25, -0.2) is 0 Å². The molecule has 1 unspecified atom stereocenters. The maximum Gasteiger partial charge on any atom is 0.124 e. The lowest BCUT2D eigenvalue weighted by Crippen LogP contribution is -2.34. The first-order valence-corrected chi connectivity index (χ1v) is 8.05. The molecule has 0 amide bonds. The van der Waals surface area contributed by atoms with E-state index in [0.29, 0.717) is 19.2 Å². The molecule has 0 fully saturated rings. The largest absolute Gasteiger partial charge is 0.494 e. The van der Waals surface area contributed by atoms with Gasteiger partial charge in [0.2, 0.25) is 0 Å². The van der Waals surface area contributed by atoms with Gasteiger partial charge in [0.15, 0.2) is 0 Å². The van der Waals surface area contributed by atoms with Crippen molar-refractivity contribution in [2.24, 2.45) is 0 Å². The molecule has 1 heterocycles. The van der Waals surface area contributed by atoms with Crippen molar-refractivity contribution in [2.75, 3.05) is 32.8 Å². The first-order valence-electron chi connectivity index (χ1n) is 8.05. The molecule has 1 aliphatic rings. The van der Waals surface area contributed by atoms with E-state index < -0.39 is 0 Å². The van der Waals surface area contributed by atoms with Crippen LogP contribution in [0.3, 0.4) is 0 Å². The normalized spacial score (nSPS) is 18.6. The molecular weight excluding hydrogens is 264 g/mol. The summed E-state index contributed by atoms with van der Waals surface area (Å²) in [4.78, 5) is 2.50. The van der Waals surface area contributed by atoms with E-state index in [0.717, 1.165) is 31.8 Å². The fraction of sp³-hybridized carbons (Fsp3) is 0.647. The first-order chi connectivity index (χ1) is 10.2. The number of fused-ring (bicyclic) bond motifs is 1. The molecule has 118 valence electrons. The van der Waals surface area contributed by atoms with E-state index in [4.69, 9.17) is 9.84 Å². The van der Waals surface area contributed by atoms with E-state index >= 15 is 0 Å². The molecule has 0 bridgehead atoms. The van der Waals surface area contributed by atoms with Crippen molar-refractivity contribution in [2.45, 2.75) is 39.8 Å². The van der Waals surface area contributed by atoms with Crippen molar-refractivity contribution < 1.29 is 9.84 Å². The van der Waals surface area contributed by atoms with Gasteiger partial charge in [-0.15, -0.1) is 0 Å². The summed E-state index contributed by atoms with van der Waals surface area (Å²) in [6.45, 7) is 10.9. The maximum absolute atomic E-state index is 8.90. The van der Waals surface area contributed by atoms with Crippen LogP contribution in [-0.2, 0) is 13.0 Å². The van der Waals surface area contributed by atoms with Gasteiger partial charge in [-0.3, -0.25) is 4.90 Å². The van der Waals surface area contributed by atoms with Crippen LogP contribution in [0.25, 0.3) is 0 Å². The predicted molar refractivity (Wildman–Crippen MR) is 85.8 cm³/mol. The highest BCUT2D eigenvalue weighted by Crippen LogP contribution is 2.34. The van der Waals surface area contributed by atoms with Crippen molar-refractivity contribution in [1.29, 1.82) is 0 Å². The van der Waals surface area contributed by atoms with Crippen molar-refractivity contribution in [1.82, 2.24) is 10.2 Å². The Balaban J connectivity index is 2.27. The fourth-order valence-electron chi connectivity index (χ4n) is 3.11. The molecule has 0 spiro atoms. The van der Waals surface area contributed by atoms with Crippen LogP contribution in [0.2, 0.25) is 0 Å². The number of benzene rings is 1. The molecule has 1 aromatic rings. The molecule has 0 radical (unpaired) electrons. The van der Waals surface area contributed by atoms with Gasteiger partial charge in [0, 0.05) is 31.2 Å². The summed E-state index contributed by atoms with van der Waals surface area (Å²) < 4.78 is 5.83. The molecule has 2 rings (SSSR count). The molecule has 1 aromatic carbocycles. The molecule has 0 aliphatic carbocycles. The molecule has 4 heteroatoms. The summed E-state index contributed by atoms with van der Waals surface area (Å²) in [6, 6.07) is 4.97. The van der Waals surface area contributed by atoms with Gasteiger partial charge in [0.1, 0.15) is 5.75 Å². The minimum absolute atomic E-state index is 0.164. The Morgan fingerprint density at radius 1 is 1.38 bits per heavy atom. The zero-order valence-corrected chi connectivity index (χ0v) is 13.5. The number of rotatable bonds is 7. The number of hydrogen-bond donors (Lipinski definition) is 2. The van der Waals surface area contributed by atoms with E-state index in [1.807, 2.05) is 6.92 Å². The van der Waals surface area contributed by atoms with E-state index in [9.17, 15) is 0 Å². The average molecular weight is 292 g/mol. The second kappa shape index (κ2) is 7.78. The third-order valence-electron chi connectivity index (χ3n) is 4.30. The maximum atomic E-state index is 8.90. The molecule has 0 aromatic heterocycles. The van der Waals surface area contributed by atoms with Gasteiger partial charge < -0.3 is 15.2 Å². The standard InChI is InChI=1S/C17H28N2O2/c1-4-19-8-6-14-10-15(12-18-7-9-20)17(21-5-2)11-16(14)13(19)3/h10-11,13,18,20H,4-9,12H2,1-3H3. The van der Waals surface area contributed by atoms with E-state index in [1.54, 1.807) is 0 Å². The smallest absolute Gasteiger partial charge is 0.124 e. The number of nitrogens with zero attached hydrogens (tertiary/aromatic N) is 1. The molecule has 2 N–H and O–H groups in total. The van der Waals surface area contributed by atoms with E-state index in [-0.39, 0.29) is 6.61 Å². The number of aliphatic hydroxyl groups is 1. The van der Waals surface area contributed by atoms with Gasteiger partial charge in [-0.1, -0.05) is 13.0 Å². The molecule has 1 atom stereocenters. The Kier molecular flexibility index (Phi) is 6.03. The van der Waals surface area contributed by atoms with Gasteiger partial charge in [0.05, 0.1) is 13.2 Å². The van der Waals surface area contributed by atoms with Crippen LogP contribution in [0.1, 0.15) is 43.5 Å². The molecule has 0 saturated heterocycles. The second-order valence-electron chi connectivity index (χ2n) is 5.55. The number of hydrogen-bond acceptors (Lipinski definition) is 4.